The topological polar surface area (TPSA) is 50.3 Å². The van der Waals surface area contributed by atoms with Crippen molar-refractivity contribution in [1.82, 2.24) is 9.29 Å². The Balaban J connectivity index is 1.73. The van der Waals surface area contributed by atoms with Gasteiger partial charge in [0.1, 0.15) is 10.8 Å². The minimum Gasteiger partial charge on any atom is -0.239 e. The Morgan fingerprint density at radius 2 is 1.88 bits per heavy atom. The molecule has 1 atom stereocenters. The van der Waals surface area contributed by atoms with Crippen molar-refractivity contribution < 1.29 is 12.8 Å². The number of nitrogens with zero attached hydrogens (tertiary/aromatic N) is 2. The predicted molar refractivity (Wildman–Crippen MR) is 91.9 cm³/mol. The molecule has 0 bridgehead atoms. The summed E-state index contributed by atoms with van der Waals surface area (Å²) in [6.45, 7) is 0.459. The van der Waals surface area contributed by atoms with Crippen molar-refractivity contribution >= 4 is 31.6 Å². The summed E-state index contributed by atoms with van der Waals surface area (Å²) in [6.07, 6.45) is 1.54. The second kappa shape index (κ2) is 5.91. The SMILES string of the molecule is O=S(=O)(c1ccc(F)cc1)N1CCCC1c1nc2ccccc2s1. The summed E-state index contributed by atoms with van der Waals surface area (Å²) in [4.78, 5) is 4.74. The van der Waals surface area contributed by atoms with Gasteiger partial charge in [-0.1, -0.05) is 12.1 Å². The van der Waals surface area contributed by atoms with Crippen molar-refractivity contribution in [3.05, 3.63) is 59.4 Å². The maximum Gasteiger partial charge on any atom is 0.243 e. The van der Waals surface area contributed by atoms with Crippen LogP contribution in [0.3, 0.4) is 0 Å². The number of hydrogen-bond acceptors (Lipinski definition) is 4. The lowest BCUT2D eigenvalue weighted by molar-refractivity contribution is 0.396. The lowest BCUT2D eigenvalue weighted by atomic mass is 10.2. The molecule has 0 N–H and O–H groups in total. The number of benzene rings is 2. The molecule has 0 saturated carbocycles. The van der Waals surface area contributed by atoms with Crippen molar-refractivity contribution in [2.24, 2.45) is 0 Å². The van der Waals surface area contributed by atoms with Crippen LogP contribution in [0.1, 0.15) is 23.9 Å². The molecule has 1 aliphatic rings. The molecule has 1 fully saturated rings. The summed E-state index contributed by atoms with van der Waals surface area (Å²) < 4.78 is 41.5. The summed E-state index contributed by atoms with van der Waals surface area (Å²) in [5.41, 5.74) is 0.892. The van der Waals surface area contributed by atoms with Crippen molar-refractivity contribution in [2.45, 2.75) is 23.8 Å². The van der Waals surface area contributed by atoms with Gasteiger partial charge < -0.3 is 0 Å². The van der Waals surface area contributed by atoms with E-state index in [0.717, 1.165) is 28.1 Å². The van der Waals surface area contributed by atoms with E-state index in [-0.39, 0.29) is 10.9 Å². The van der Waals surface area contributed by atoms with Crippen molar-refractivity contribution in [3.8, 4) is 0 Å². The zero-order valence-corrected chi connectivity index (χ0v) is 14.4. The number of rotatable bonds is 3. The van der Waals surface area contributed by atoms with Gasteiger partial charge in [0.15, 0.2) is 0 Å². The third kappa shape index (κ3) is 2.62. The normalized spacial score (nSPS) is 19.1. The van der Waals surface area contributed by atoms with Gasteiger partial charge >= 0.3 is 0 Å². The largest absolute Gasteiger partial charge is 0.243 e. The van der Waals surface area contributed by atoms with Crippen LogP contribution in [0.4, 0.5) is 4.39 Å². The van der Waals surface area contributed by atoms with Gasteiger partial charge in [0, 0.05) is 6.54 Å². The molecule has 4 rings (SSSR count). The molecule has 0 amide bonds. The van der Waals surface area contributed by atoms with Crippen molar-refractivity contribution in [1.29, 1.82) is 0 Å². The van der Waals surface area contributed by atoms with E-state index in [0.29, 0.717) is 6.54 Å². The summed E-state index contributed by atoms with van der Waals surface area (Å²) in [5.74, 6) is -0.446. The highest BCUT2D eigenvalue weighted by molar-refractivity contribution is 7.89. The molecule has 0 aliphatic carbocycles. The van der Waals surface area contributed by atoms with Crippen molar-refractivity contribution in [2.75, 3.05) is 6.54 Å². The van der Waals surface area contributed by atoms with Crippen LogP contribution in [-0.4, -0.2) is 24.3 Å². The Bertz CT molecular complexity index is 950. The summed E-state index contributed by atoms with van der Waals surface area (Å²) in [6, 6.07) is 12.5. The fourth-order valence-electron chi connectivity index (χ4n) is 3.05. The first-order chi connectivity index (χ1) is 11.6. The monoisotopic (exact) mass is 362 g/mol. The highest BCUT2D eigenvalue weighted by Gasteiger charge is 2.37. The lowest BCUT2D eigenvalue weighted by Crippen LogP contribution is -2.30. The second-order valence-corrected chi connectivity index (χ2v) is 8.70. The first-order valence-corrected chi connectivity index (χ1v) is 9.94. The molecule has 1 unspecified atom stereocenters. The van der Waals surface area contributed by atoms with Crippen molar-refractivity contribution in [3.63, 3.8) is 0 Å². The zero-order chi connectivity index (χ0) is 16.7. The van der Waals surface area contributed by atoms with Crippen LogP contribution in [0.5, 0.6) is 0 Å². The van der Waals surface area contributed by atoms with Crippen LogP contribution in [0, 0.1) is 5.82 Å². The number of aromatic nitrogens is 1. The molecule has 4 nitrogen and oxygen atoms in total. The zero-order valence-electron chi connectivity index (χ0n) is 12.7. The van der Waals surface area contributed by atoms with E-state index in [1.165, 1.54) is 39.9 Å². The number of para-hydroxylation sites is 1. The second-order valence-electron chi connectivity index (χ2n) is 5.75. The van der Waals surface area contributed by atoms with Crippen LogP contribution in [0.2, 0.25) is 0 Å². The van der Waals surface area contributed by atoms with Gasteiger partial charge in [-0.3, -0.25) is 0 Å². The number of sulfonamides is 1. The first kappa shape index (κ1) is 15.7. The molecule has 0 radical (unpaired) electrons. The van der Waals surface area contributed by atoms with Gasteiger partial charge in [0.2, 0.25) is 10.0 Å². The van der Waals surface area contributed by atoms with Gasteiger partial charge in [-0.05, 0) is 49.2 Å². The average molecular weight is 362 g/mol. The Kier molecular flexibility index (Phi) is 3.86. The van der Waals surface area contributed by atoms with E-state index in [1.54, 1.807) is 0 Å². The van der Waals surface area contributed by atoms with Gasteiger partial charge in [-0.25, -0.2) is 17.8 Å². The van der Waals surface area contributed by atoms with E-state index in [4.69, 9.17) is 0 Å². The molecule has 7 heteroatoms. The summed E-state index contributed by atoms with van der Waals surface area (Å²) in [7, 11) is -3.66. The van der Waals surface area contributed by atoms with E-state index >= 15 is 0 Å². The van der Waals surface area contributed by atoms with Crippen LogP contribution >= 0.6 is 11.3 Å². The maximum absolute atomic E-state index is 13.1. The molecule has 1 aromatic heterocycles. The van der Waals surface area contributed by atoms with Crippen LogP contribution in [-0.2, 0) is 10.0 Å². The molecular weight excluding hydrogens is 347 g/mol. The predicted octanol–water partition coefficient (Wildman–Crippen LogP) is 3.96. The number of thiazole rings is 1. The fourth-order valence-corrected chi connectivity index (χ4v) is 5.89. The number of halogens is 1. The smallest absolute Gasteiger partial charge is 0.239 e. The third-order valence-electron chi connectivity index (χ3n) is 4.22. The molecular formula is C17H15FN2O2S2. The van der Waals surface area contributed by atoms with E-state index in [9.17, 15) is 12.8 Å². The van der Waals surface area contributed by atoms with E-state index in [2.05, 4.69) is 4.98 Å². The third-order valence-corrected chi connectivity index (χ3v) is 7.28. The molecule has 1 saturated heterocycles. The molecule has 1 aliphatic heterocycles. The van der Waals surface area contributed by atoms with E-state index < -0.39 is 15.8 Å². The molecule has 124 valence electrons. The van der Waals surface area contributed by atoms with Gasteiger partial charge in [0.25, 0.3) is 0 Å². The minimum absolute atomic E-state index is 0.122. The Hall–Kier alpha value is -1.83. The number of fused-ring (bicyclic) bond motifs is 1. The first-order valence-electron chi connectivity index (χ1n) is 7.68. The average Bonchev–Trinajstić information content (AvgIpc) is 3.22. The quantitative estimate of drug-likeness (QED) is 0.709. The molecule has 3 aromatic rings. The maximum atomic E-state index is 13.1. The van der Waals surface area contributed by atoms with Gasteiger partial charge in [-0.15, -0.1) is 11.3 Å². The van der Waals surface area contributed by atoms with Crippen LogP contribution < -0.4 is 0 Å². The highest BCUT2D eigenvalue weighted by Crippen LogP contribution is 2.39. The summed E-state index contributed by atoms with van der Waals surface area (Å²) in [5, 5.41) is 0.819. The Morgan fingerprint density at radius 1 is 1.12 bits per heavy atom. The fraction of sp³-hybridized carbons (Fsp3) is 0.235. The van der Waals surface area contributed by atoms with Crippen LogP contribution in [0.25, 0.3) is 10.2 Å². The molecule has 2 aromatic carbocycles. The number of hydrogen-bond donors (Lipinski definition) is 0. The van der Waals surface area contributed by atoms with Gasteiger partial charge in [0.05, 0.1) is 21.2 Å². The van der Waals surface area contributed by atoms with Gasteiger partial charge in [-0.2, -0.15) is 4.31 Å². The van der Waals surface area contributed by atoms with E-state index in [1.807, 2.05) is 24.3 Å². The summed E-state index contributed by atoms with van der Waals surface area (Å²) >= 11 is 1.53. The van der Waals surface area contributed by atoms with Crippen LogP contribution in [0.15, 0.2) is 53.4 Å². The minimum atomic E-state index is -3.66. The molecule has 2 heterocycles. The highest BCUT2D eigenvalue weighted by atomic mass is 32.2. The molecule has 24 heavy (non-hydrogen) atoms. The lowest BCUT2D eigenvalue weighted by Gasteiger charge is -2.22. The standard InChI is InChI=1S/C17H15FN2O2S2/c18-12-7-9-13(10-8-12)24(21,22)20-11-3-5-15(20)17-19-14-4-1-2-6-16(14)23-17/h1-2,4,6-10,15H,3,5,11H2. The Labute approximate surface area is 143 Å². The molecule has 0 spiro atoms. The Morgan fingerprint density at radius 3 is 2.62 bits per heavy atom.